The monoisotopic (exact) mass is 456 g/mol. The van der Waals surface area contributed by atoms with E-state index in [4.69, 9.17) is 34.8 Å². The maximum Gasteiger partial charge on any atom is 0.295 e. The Morgan fingerprint density at radius 3 is 2.40 bits per heavy atom. The highest BCUT2D eigenvalue weighted by atomic mass is 35.5. The average Bonchev–Trinajstić information content (AvgIpc) is 3.16. The van der Waals surface area contributed by atoms with Gasteiger partial charge < -0.3 is 5.32 Å². The normalized spacial score (nSPS) is 10.8. The van der Waals surface area contributed by atoms with Crippen molar-refractivity contribution in [3.05, 3.63) is 93.2 Å². The smallest absolute Gasteiger partial charge is 0.295 e. The maximum absolute atomic E-state index is 12.8. The molecule has 0 radical (unpaired) electrons. The van der Waals surface area contributed by atoms with Gasteiger partial charge >= 0.3 is 0 Å². The molecule has 1 aromatic heterocycles. The molecule has 0 saturated heterocycles. The molecular formula is C22H15Cl3N4O. The van der Waals surface area contributed by atoms with Gasteiger partial charge in [-0.15, -0.1) is 5.10 Å². The van der Waals surface area contributed by atoms with Gasteiger partial charge in [0.1, 0.15) is 0 Å². The van der Waals surface area contributed by atoms with Crippen LogP contribution in [-0.4, -0.2) is 20.7 Å². The third kappa shape index (κ3) is 4.33. The van der Waals surface area contributed by atoms with Gasteiger partial charge in [-0.25, -0.2) is 9.67 Å². The SMILES string of the molecule is Cc1ccc(-n2nc(C(=O)Nc3cccc(Cl)c3)nc2-c2ccc(Cl)cc2)cc1Cl. The number of nitrogens with zero attached hydrogens (tertiary/aromatic N) is 3. The number of halogens is 3. The van der Waals surface area contributed by atoms with Crippen molar-refractivity contribution in [3.8, 4) is 17.1 Å². The third-order valence-corrected chi connectivity index (χ3v) is 5.29. The molecule has 4 aromatic rings. The molecule has 0 aliphatic carbocycles. The Labute approximate surface area is 188 Å². The first-order chi connectivity index (χ1) is 14.4. The zero-order valence-electron chi connectivity index (χ0n) is 15.7. The van der Waals surface area contributed by atoms with Gasteiger partial charge in [-0.1, -0.05) is 46.9 Å². The number of aromatic nitrogens is 3. The lowest BCUT2D eigenvalue weighted by atomic mass is 10.2. The van der Waals surface area contributed by atoms with Gasteiger partial charge in [-0.05, 0) is 67.1 Å². The summed E-state index contributed by atoms with van der Waals surface area (Å²) < 4.78 is 1.58. The number of anilines is 1. The molecule has 1 N–H and O–H groups in total. The van der Waals surface area contributed by atoms with Gasteiger partial charge in [-0.3, -0.25) is 4.79 Å². The van der Waals surface area contributed by atoms with Crippen LogP contribution in [0.5, 0.6) is 0 Å². The Morgan fingerprint density at radius 2 is 1.70 bits per heavy atom. The Balaban J connectivity index is 1.77. The van der Waals surface area contributed by atoms with Crippen molar-refractivity contribution in [2.24, 2.45) is 0 Å². The van der Waals surface area contributed by atoms with Crippen molar-refractivity contribution < 1.29 is 4.79 Å². The van der Waals surface area contributed by atoms with Crippen molar-refractivity contribution in [1.29, 1.82) is 0 Å². The summed E-state index contributed by atoms with van der Waals surface area (Å²) in [4.78, 5) is 17.3. The minimum Gasteiger partial charge on any atom is -0.319 e. The van der Waals surface area contributed by atoms with E-state index in [1.54, 1.807) is 47.1 Å². The molecular weight excluding hydrogens is 443 g/mol. The first kappa shape index (κ1) is 20.4. The molecule has 1 heterocycles. The molecule has 4 rings (SSSR count). The van der Waals surface area contributed by atoms with Gasteiger partial charge in [0.2, 0.25) is 5.82 Å². The molecule has 0 unspecified atom stereocenters. The minimum absolute atomic E-state index is 0.0108. The molecule has 5 nitrogen and oxygen atoms in total. The van der Waals surface area contributed by atoms with E-state index in [0.29, 0.717) is 32.3 Å². The fourth-order valence-electron chi connectivity index (χ4n) is 2.84. The van der Waals surface area contributed by atoms with E-state index < -0.39 is 5.91 Å². The molecule has 150 valence electrons. The van der Waals surface area contributed by atoms with Crippen LogP contribution < -0.4 is 5.32 Å². The van der Waals surface area contributed by atoms with E-state index in [-0.39, 0.29) is 5.82 Å². The molecule has 0 saturated carbocycles. The highest BCUT2D eigenvalue weighted by Gasteiger charge is 2.19. The van der Waals surface area contributed by atoms with E-state index in [0.717, 1.165) is 11.1 Å². The zero-order valence-corrected chi connectivity index (χ0v) is 18.0. The summed E-state index contributed by atoms with van der Waals surface area (Å²) in [6, 6.07) is 19.5. The minimum atomic E-state index is -0.454. The number of hydrogen-bond donors (Lipinski definition) is 1. The van der Waals surface area contributed by atoms with E-state index in [1.807, 2.05) is 31.2 Å². The van der Waals surface area contributed by atoms with E-state index in [9.17, 15) is 4.79 Å². The first-order valence-corrected chi connectivity index (χ1v) is 10.1. The first-order valence-electron chi connectivity index (χ1n) is 8.97. The van der Waals surface area contributed by atoms with Crippen LogP contribution in [0.1, 0.15) is 16.2 Å². The Morgan fingerprint density at radius 1 is 0.933 bits per heavy atom. The number of aryl methyl sites for hydroxylation is 1. The molecule has 0 aliphatic rings. The predicted molar refractivity (Wildman–Crippen MR) is 121 cm³/mol. The summed E-state index contributed by atoms with van der Waals surface area (Å²) in [7, 11) is 0. The van der Waals surface area contributed by atoms with Crippen LogP contribution in [-0.2, 0) is 0 Å². The van der Waals surface area contributed by atoms with Gasteiger partial charge in [0.25, 0.3) is 5.91 Å². The van der Waals surface area contributed by atoms with Crippen molar-refractivity contribution in [1.82, 2.24) is 14.8 Å². The summed E-state index contributed by atoms with van der Waals surface area (Å²) in [5.41, 5.74) is 2.93. The number of carbonyl (C=O) groups is 1. The molecule has 1 amide bonds. The summed E-state index contributed by atoms with van der Waals surface area (Å²) >= 11 is 18.3. The van der Waals surface area contributed by atoms with Gasteiger partial charge in [0.05, 0.1) is 5.69 Å². The number of hydrogen-bond acceptors (Lipinski definition) is 3. The molecule has 3 aromatic carbocycles. The number of rotatable bonds is 4. The Bertz CT molecular complexity index is 1240. The standard InChI is InChI=1S/C22H15Cl3N4O/c1-13-5-10-18(12-19(13)25)29-21(14-6-8-15(23)9-7-14)27-20(28-29)22(30)26-17-4-2-3-16(24)11-17/h2-12H,1H3,(H,26,30). The average molecular weight is 458 g/mol. The van der Waals surface area contributed by atoms with Crippen LogP contribution in [0.3, 0.4) is 0 Å². The van der Waals surface area contributed by atoms with Crippen molar-refractivity contribution in [2.45, 2.75) is 6.92 Å². The predicted octanol–water partition coefficient (Wildman–Crippen LogP) is 6.46. The number of carbonyl (C=O) groups excluding carboxylic acids is 1. The Hall–Kier alpha value is -2.86. The second-order valence-electron chi connectivity index (χ2n) is 6.58. The Kier molecular flexibility index (Phi) is 5.77. The summed E-state index contributed by atoms with van der Waals surface area (Å²) in [6.45, 7) is 1.91. The molecule has 30 heavy (non-hydrogen) atoms. The second kappa shape index (κ2) is 8.48. The van der Waals surface area contributed by atoms with E-state index in [1.165, 1.54) is 0 Å². The van der Waals surface area contributed by atoms with Crippen molar-refractivity contribution in [3.63, 3.8) is 0 Å². The van der Waals surface area contributed by atoms with Crippen LogP contribution in [0.15, 0.2) is 66.7 Å². The van der Waals surface area contributed by atoms with E-state index >= 15 is 0 Å². The topological polar surface area (TPSA) is 59.8 Å². The van der Waals surface area contributed by atoms with E-state index in [2.05, 4.69) is 15.4 Å². The van der Waals surface area contributed by atoms with Crippen LogP contribution in [0.4, 0.5) is 5.69 Å². The number of amides is 1. The highest BCUT2D eigenvalue weighted by molar-refractivity contribution is 6.31. The molecule has 0 aliphatic heterocycles. The zero-order chi connectivity index (χ0) is 21.3. The fourth-order valence-corrected chi connectivity index (χ4v) is 3.33. The molecule has 0 bridgehead atoms. The molecule has 8 heteroatoms. The van der Waals surface area contributed by atoms with Crippen LogP contribution >= 0.6 is 34.8 Å². The van der Waals surface area contributed by atoms with Crippen LogP contribution in [0.25, 0.3) is 17.1 Å². The lowest BCUT2D eigenvalue weighted by Gasteiger charge is -2.07. The lowest BCUT2D eigenvalue weighted by Crippen LogP contribution is -2.14. The van der Waals surface area contributed by atoms with Crippen LogP contribution in [0, 0.1) is 6.92 Å². The molecule has 0 fully saturated rings. The largest absolute Gasteiger partial charge is 0.319 e. The van der Waals surface area contributed by atoms with Gasteiger partial charge in [0.15, 0.2) is 5.82 Å². The number of nitrogens with one attached hydrogen (secondary N) is 1. The van der Waals surface area contributed by atoms with Gasteiger partial charge in [0, 0.05) is 26.3 Å². The highest BCUT2D eigenvalue weighted by Crippen LogP contribution is 2.26. The fraction of sp³-hybridized carbons (Fsp3) is 0.0455. The number of benzene rings is 3. The maximum atomic E-state index is 12.8. The van der Waals surface area contributed by atoms with Crippen molar-refractivity contribution >= 4 is 46.4 Å². The third-order valence-electron chi connectivity index (χ3n) is 4.40. The second-order valence-corrected chi connectivity index (χ2v) is 7.86. The molecule has 0 spiro atoms. The summed E-state index contributed by atoms with van der Waals surface area (Å²) in [5.74, 6) is 0.0453. The van der Waals surface area contributed by atoms with Gasteiger partial charge in [-0.2, -0.15) is 0 Å². The van der Waals surface area contributed by atoms with Crippen molar-refractivity contribution in [2.75, 3.05) is 5.32 Å². The molecule has 0 atom stereocenters. The quantitative estimate of drug-likeness (QED) is 0.383. The van der Waals surface area contributed by atoms with Crippen LogP contribution in [0.2, 0.25) is 15.1 Å². The lowest BCUT2D eigenvalue weighted by molar-refractivity contribution is 0.101. The summed E-state index contributed by atoms with van der Waals surface area (Å²) in [6.07, 6.45) is 0. The summed E-state index contributed by atoms with van der Waals surface area (Å²) in [5, 5.41) is 8.91.